The van der Waals surface area contributed by atoms with Gasteiger partial charge >= 0.3 is 97.4 Å². The topological polar surface area (TPSA) is 114 Å². The van der Waals surface area contributed by atoms with Gasteiger partial charge in [0, 0.05) is 0 Å². The van der Waals surface area contributed by atoms with E-state index < -0.39 is 26.3 Å². The first kappa shape index (κ1) is 12.4. The predicted molar refractivity (Wildman–Crippen MR) is 58.6 cm³/mol. The monoisotopic (exact) mass is 289 g/mol. The minimum atomic E-state index is -0.597. The van der Waals surface area contributed by atoms with Crippen molar-refractivity contribution in [3.05, 3.63) is 14.9 Å². The van der Waals surface area contributed by atoms with Crippen LogP contribution in [0.5, 0.6) is 0 Å². The molecule has 0 aliphatic heterocycles. The maximum absolute atomic E-state index is 11.1. The second-order valence-corrected chi connectivity index (χ2v) is 5.30. The van der Waals surface area contributed by atoms with Crippen molar-refractivity contribution in [1.82, 2.24) is 5.01 Å². The summed E-state index contributed by atoms with van der Waals surface area (Å²) in [5.74, 6) is -1.16. The predicted octanol–water partition coefficient (Wildman–Crippen LogP) is -0.498. The first-order valence-corrected chi connectivity index (χ1v) is 5.95. The first-order valence-electron chi connectivity index (χ1n) is 4.24. The second-order valence-electron chi connectivity index (χ2n) is 3.09. The number of amides is 2. The average molecular weight is 288 g/mol. The molecule has 0 saturated carbocycles. The van der Waals surface area contributed by atoms with Gasteiger partial charge in [-0.3, -0.25) is 0 Å². The number of rotatable bonds is 4. The summed E-state index contributed by atoms with van der Waals surface area (Å²) in [6.07, 6.45) is 0. The van der Waals surface area contributed by atoms with Crippen molar-refractivity contribution >= 4 is 32.0 Å². The van der Waals surface area contributed by atoms with E-state index in [0.717, 1.165) is 0 Å². The van der Waals surface area contributed by atoms with E-state index in [1.54, 1.807) is 14.1 Å². The van der Waals surface area contributed by atoms with Crippen LogP contribution in [-0.2, 0) is 0 Å². The van der Waals surface area contributed by atoms with Crippen molar-refractivity contribution in [2.45, 2.75) is 0 Å². The Morgan fingerprint density at radius 3 is 2.38 bits per heavy atom. The van der Waals surface area contributed by atoms with Gasteiger partial charge in [0.2, 0.25) is 0 Å². The number of nitrogens with zero attached hydrogens (tertiary/aromatic N) is 3. The molecule has 0 saturated heterocycles. The molecule has 86 valence electrons. The number of carbonyl (C=O) groups excluding carboxylic acids is 2. The fraction of sp³-hybridized carbons (Fsp3) is 0.250. The van der Waals surface area contributed by atoms with Crippen molar-refractivity contribution in [2.75, 3.05) is 14.1 Å². The van der Waals surface area contributed by atoms with Crippen LogP contribution in [-0.4, -0.2) is 45.4 Å². The van der Waals surface area contributed by atoms with E-state index in [1.165, 1.54) is 11.1 Å². The number of nitrogens with two attached hydrogens (primary N) is 2. The number of hydrogen-bond acceptors (Lipinski definition) is 4. The van der Waals surface area contributed by atoms with Crippen molar-refractivity contribution in [3.63, 3.8) is 0 Å². The van der Waals surface area contributed by atoms with Crippen molar-refractivity contribution in [3.8, 4) is 0 Å². The summed E-state index contributed by atoms with van der Waals surface area (Å²) in [6, 6.07) is 1.45. The second kappa shape index (κ2) is 4.91. The van der Waals surface area contributed by atoms with E-state index in [1.807, 2.05) is 0 Å². The molecule has 0 aromatic carbocycles. The number of hydrogen-bond donors (Lipinski definition) is 2. The summed E-state index contributed by atoms with van der Waals surface area (Å²) in [6.45, 7) is 0. The standard InChI is InChI=1S/C8H11N5O2Se/c1-13(2)12-11-4-3-5(7(9)14)16-6(4)8(10)15/h3H,1-2H3,(H2,9,14)(H2,10,15)/b12-11+. The molecule has 16 heavy (non-hydrogen) atoms. The molecule has 0 fully saturated rings. The van der Waals surface area contributed by atoms with Gasteiger partial charge in [0.25, 0.3) is 0 Å². The molecule has 0 spiro atoms. The van der Waals surface area contributed by atoms with Crippen LogP contribution in [0.4, 0.5) is 5.69 Å². The van der Waals surface area contributed by atoms with Crippen LogP contribution in [0.2, 0.25) is 0 Å². The molecule has 1 aromatic rings. The van der Waals surface area contributed by atoms with E-state index >= 15 is 0 Å². The van der Waals surface area contributed by atoms with E-state index in [9.17, 15) is 9.59 Å². The van der Waals surface area contributed by atoms with Gasteiger partial charge in [0.05, 0.1) is 0 Å². The zero-order valence-electron chi connectivity index (χ0n) is 8.80. The third kappa shape index (κ3) is 2.91. The fourth-order valence-electron chi connectivity index (χ4n) is 0.891. The van der Waals surface area contributed by atoms with Crippen LogP contribution in [0.1, 0.15) is 18.5 Å². The minimum absolute atomic E-state index is 0.312. The van der Waals surface area contributed by atoms with E-state index in [4.69, 9.17) is 11.5 Å². The molecule has 1 rings (SSSR count). The summed E-state index contributed by atoms with van der Waals surface area (Å²) >= 11 is -0.474. The van der Waals surface area contributed by atoms with E-state index in [-0.39, 0.29) is 0 Å². The molecular formula is C8H11N5O2Se. The van der Waals surface area contributed by atoms with E-state index in [2.05, 4.69) is 10.3 Å². The van der Waals surface area contributed by atoms with Crippen LogP contribution in [0.15, 0.2) is 16.4 Å². The Morgan fingerprint density at radius 2 is 1.94 bits per heavy atom. The quantitative estimate of drug-likeness (QED) is 0.442. The fourth-order valence-corrected chi connectivity index (χ4v) is 2.56. The van der Waals surface area contributed by atoms with Crippen LogP contribution in [0, 0.1) is 0 Å². The van der Waals surface area contributed by atoms with Crippen molar-refractivity contribution in [2.24, 2.45) is 21.8 Å². The van der Waals surface area contributed by atoms with Gasteiger partial charge in [-0.1, -0.05) is 0 Å². The van der Waals surface area contributed by atoms with Gasteiger partial charge in [0.15, 0.2) is 0 Å². The Bertz CT molecular complexity index is 451. The molecule has 1 heterocycles. The van der Waals surface area contributed by atoms with Crippen LogP contribution in [0.25, 0.3) is 0 Å². The molecule has 0 aliphatic rings. The van der Waals surface area contributed by atoms with Gasteiger partial charge in [-0.05, 0) is 0 Å². The normalized spacial score (nSPS) is 10.6. The SMILES string of the molecule is CN(C)/N=N/c1cc(C(N)=O)[se]c1C(N)=O. The Morgan fingerprint density at radius 1 is 1.31 bits per heavy atom. The Labute approximate surface area is 97.8 Å². The van der Waals surface area contributed by atoms with Gasteiger partial charge in [0.1, 0.15) is 0 Å². The molecule has 0 unspecified atom stereocenters. The van der Waals surface area contributed by atoms with Gasteiger partial charge in [-0.2, -0.15) is 0 Å². The number of carbonyl (C=O) groups is 2. The van der Waals surface area contributed by atoms with Gasteiger partial charge in [-0.15, -0.1) is 0 Å². The molecule has 0 radical (unpaired) electrons. The van der Waals surface area contributed by atoms with Gasteiger partial charge < -0.3 is 0 Å². The van der Waals surface area contributed by atoms with Crippen LogP contribution >= 0.6 is 0 Å². The molecule has 0 bridgehead atoms. The molecule has 7 nitrogen and oxygen atoms in total. The summed E-state index contributed by atoms with van der Waals surface area (Å²) < 4.78 is 0.681. The third-order valence-electron chi connectivity index (χ3n) is 1.51. The van der Waals surface area contributed by atoms with Crippen LogP contribution in [0.3, 0.4) is 0 Å². The van der Waals surface area contributed by atoms with Crippen molar-refractivity contribution in [1.29, 1.82) is 0 Å². The zero-order valence-corrected chi connectivity index (χ0v) is 10.5. The summed E-state index contributed by atoms with van der Waals surface area (Å²) in [5, 5.41) is 9.03. The molecule has 1 aromatic heterocycles. The summed E-state index contributed by atoms with van der Waals surface area (Å²) in [4.78, 5) is 22.1. The van der Waals surface area contributed by atoms with Gasteiger partial charge in [-0.25, -0.2) is 0 Å². The zero-order chi connectivity index (χ0) is 12.3. The molecule has 2 amide bonds. The molecule has 4 N–H and O–H groups in total. The number of primary amides is 2. The van der Waals surface area contributed by atoms with E-state index in [0.29, 0.717) is 14.6 Å². The van der Waals surface area contributed by atoms with Crippen molar-refractivity contribution < 1.29 is 9.59 Å². The summed E-state index contributed by atoms with van der Waals surface area (Å²) in [5.41, 5.74) is 10.6. The Kier molecular flexibility index (Phi) is 3.81. The average Bonchev–Trinajstić information content (AvgIpc) is 2.58. The van der Waals surface area contributed by atoms with Crippen LogP contribution < -0.4 is 11.5 Å². The Hall–Kier alpha value is -1.66. The summed E-state index contributed by atoms with van der Waals surface area (Å²) in [7, 11) is 3.37. The third-order valence-corrected chi connectivity index (χ3v) is 3.93. The molecule has 0 aliphatic carbocycles. The molecular weight excluding hydrogens is 277 g/mol. The Balaban J connectivity index is 3.15. The maximum atomic E-state index is 11.1. The molecule has 8 heteroatoms. The first-order chi connectivity index (χ1) is 7.41. The molecule has 0 atom stereocenters.